The van der Waals surface area contributed by atoms with Gasteiger partial charge in [0.2, 0.25) is 10.0 Å². The van der Waals surface area contributed by atoms with Gasteiger partial charge in [-0.3, -0.25) is 9.59 Å². The lowest BCUT2D eigenvalue weighted by atomic mass is 10.0. The van der Waals surface area contributed by atoms with Crippen LogP contribution in [0.15, 0.2) is 23.1 Å². The number of carbonyl (C=O) groups is 2. The second-order valence-electron chi connectivity index (χ2n) is 6.93. The molecule has 1 aromatic carbocycles. The third-order valence-electron chi connectivity index (χ3n) is 5.26. The maximum absolute atomic E-state index is 12.9. The maximum atomic E-state index is 12.9. The molecule has 9 heteroatoms. The first-order valence-corrected chi connectivity index (χ1v) is 10.5. The first kappa shape index (κ1) is 19.6. The number of amides is 1. The summed E-state index contributed by atoms with van der Waals surface area (Å²) in [5.41, 5.74) is 0.171. The van der Waals surface area contributed by atoms with Gasteiger partial charge in [-0.05, 0) is 43.9 Å². The second kappa shape index (κ2) is 7.85. The Morgan fingerprint density at radius 3 is 2.52 bits per heavy atom. The monoisotopic (exact) mass is 396 g/mol. The summed E-state index contributed by atoms with van der Waals surface area (Å²) >= 11 is 0. The van der Waals surface area contributed by atoms with Crippen LogP contribution in [-0.2, 0) is 14.8 Å². The number of carboxylic acid groups (broad SMARTS) is 1. The zero-order chi connectivity index (χ0) is 19.6. The van der Waals surface area contributed by atoms with E-state index in [9.17, 15) is 23.1 Å². The zero-order valence-corrected chi connectivity index (χ0v) is 16.0. The molecule has 0 bridgehead atoms. The molecule has 3 rings (SSSR count). The molecule has 0 aromatic heterocycles. The lowest BCUT2D eigenvalue weighted by molar-refractivity contribution is -0.142. The minimum atomic E-state index is -3.75. The summed E-state index contributed by atoms with van der Waals surface area (Å²) < 4.78 is 32.4. The largest absolute Gasteiger partial charge is 0.495 e. The number of ether oxygens (including phenoxy) is 1. The summed E-state index contributed by atoms with van der Waals surface area (Å²) in [7, 11) is -2.37. The summed E-state index contributed by atoms with van der Waals surface area (Å²) in [6.07, 6.45) is 3.47. The van der Waals surface area contributed by atoms with E-state index in [2.05, 4.69) is 5.32 Å². The summed E-state index contributed by atoms with van der Waals surface area (Å²) in [6, 6.07) is 3.81. The van der Waals surface area contributed by atoms with Gasteiger partial charge in [-0.15, -0.1) is 0 Å². The van der Waals surface area contributed by atoms with E-state index in [1.54, 1.807) is 0 Å². The Kier molecular flexibility index (Phi) is 5.71. The van der Waals surface area contributed by atoms with Crippen molar-refractivity contribution < 1.29 is 27.9 Å². The van der Waals surface area contributed by atoms with Crippen LogP contribution in [0, 0.1) is 5.92 Å². The normalized spacial score (nSPS) is 23.3. The van der Waals surface area contributed by atoms with Gasteiger partial charge in [-0.2, -0.15) is 4.31 Å². The molecule has 2 fully saturated rings. The molecule has 2 aliphatic rings. The zero-order valence-electron chi connectivity index (χ0n) is 15.2. The van der Waals surface area contributed by atoms with Crippen LogP contribution in [0.2, 0.25) is 0 Å². The predicted octanol–water partition coefficient (Wildman–Crippen LogP) is 1.46. The number of methoxy groups -OCH3 is 1. The highest BCUT2D eigenvalue weighted by atomic mass is 32.2. The number of nitrogens with one attached hydrogen (secondary N) is 1. The molecule has 1 heterocycles. The predicted molar refractivity (Wildman–Crippen MR) is 97.2 cm³/mol. The van der Waals surface area contributed by atoms with E-state index in [4.69, 9.17) is 4.74 Å². The van der Waals surface area contributed by atoms with E-state index >= 15 is 0 Å². The topological polar surface area (TPSA) is 113 Å². The van der Waals surface area contributed by atoms with Gasteiger partial charge in [0.1, 0.15) is 10.6 Å². The van der Waals surface area contributed by atoms with E-state index in [1.807, 2.05) is 0 Å². The second-order valence-corrected chi connectivity index (χ2v) is 8.84. The fourth-order valence-corrected chi connectivity index (χ4v) is 5.47. The van der Waals surface area contributed by atoms with Gasteiger partial charge in [0.05, 0.1) is 13.0 Å². The molecular weight excluding hydrogens is 372 g/mol. The Hall–Kier alpha value is -2.13. The highest BCUT2D eigenvalue weighted by molar-refractivity contribution is 7.89. The molecule has 1 saturated carbocycles. The number of rotatable bonds is 6. The average Bonchev–Trinajstić information content (AvgIpc) is 3.33. The van der Waals surface area contributed by atoms with Crippen molar-refractivity contribution in [3.05, 3.63) is 23.8 Å². The smallest absolute Gasteiger partial charge is 0.308 e. The van der Waals surface area contributed by atoms with Crippen LogP contribution < -0.4 is 10.1 Å². The highest BCUT2D eigenvalue weighted by Crippen LogP contribution is 2.30. The van der Waals surface area contributed by atoms with E-state index in [0.717, 1.165) is 19.3 Å². The minimum Gasteiger partial charge on any atom is -0.495 e. The van der Waals surface area contributed by atoms with Crippen LogP contribution in [0.25, 0.3) is 0 Å². The Morgan fingerprint density at radius 2 is 1.89 bits per heavy atom. The van der Waals surface area contributed by atoms with Crippen LogP contribution in [-0.4, -0.2) is 55.9 Å². The molecular formula is C18H24N2O6S. The highest BCUT2D eigenvalue weighted by Gasteiger charge is 2.35. The fourth-order valence-electron chi connectivity index (χ4n) is 3.77. The molecule has 0 radical (unpaired) electrons. The number of nitrogens with zero attached hydrogens (tertiary/aromatic N) is 1. The van der Waals surface area contributed by atoms with Crippen LogP contribution in [0.4, 0.5) is 0 Å². The van der Waals surface area contributed by atoms with Gasteiger partial charge in [0, 0.05) is 24.7 Å². The van der Waals surface area contributed by atoms with E-state index in [-0.39, 0.29) is 16.2 Å². The molecule has 1 amide bonds. The molecule has 2 atom stereocenters. The van der Waals surface area contributed by atoms with Crippen molar-refractivity contribution in [3.8, 4) is 5.75 Å². The van der Waals surface area contributed by atoms with Crippen molar-refractivity contribution in [3.63, 3.8) is 0 Å². The van der Waals surface area contributed by atoms with E-state index in [1.165, 1.54) is 29.6 Å². The lowest BCUT2D eigenvalue weighted by Gasteiger charge is -2.20. The van der Waals surface area contributed by atoms with Gasteiger partial charge < -0.3 is 15.2 Å². The lowest BCUT2D eigenvalue weighted by Crippen LogP contribution is -2.40. The third kappa shape index (κ3) is 3.93. The Balaban J connectivity index is 1.86. The van der Waals surface area contributed by atoms with Crippen LogP contribution in [0.1, 0.15) is 42.5 Å². The fraction of sp³-hybridized carbons (Fsp3) is 0.556. The molecule has 1 aliphatic carbocycles. The molecule has 1 saturated heterocycles. The summed E-state index contributed by atoms with van der Waals surface area (Å²) in [6.45, 7) is 0.897. The standard InChI is InChI=1S/C18H24N2O6S/c1-26-15-8-7-12(11-16(15)27(24,25)20-9-2-3-10-20)17(21)19-14-6-4-5-13(14)18(22)23/h7-8,11,13-14H,2-6,9-10H2,1H3,(H,19,21)(H,22,23)/t13-,14+/m0/s1. The minimum absolute atomic E-state index is 0.0410. The Labute approximate surface area is 158 Å². The number of hydrogen-bond acceptors (Lipinski definition) is 5. The van der Waals surface area contributed by atoms with Gasteiger partial charge >= 0.3 is 5.97 Å². The van der Waals surface area contributed by atoms with E-state index < -0.39 is 33.9 Å². The van der Waals surface area contributed by atoms with E-state index in [0.29, 0.717) is 25.9 Å². The van der Waals surface area contributed by atoms with Gasteiger partial charge in [0.15, 0.2) is 0 Å². The molecule has 27 heavy (non-hydrogen) atoms. The Bertz CT molecular complexity index is 832. The third-order valence-corrected chi connectivity index (χ3v) is 7.18. The number of aliphatic carboxylic acids is 1. The molecule has 1 aliphatic heterocycles. The maximum Gasteiger partial charge on any atom is 0.308 e. The molecule has 8 nitrogen and oxygen atoms in total. The van der Waals surface area contributed by atoms with Crippen molar-refractivity contribution in [1.29, 1.82) is 0 Å². The number of hydrogen-bond donors (Lipinski definition) is 2. The molecule has 0 spiro atoms. The molecule has 1 aromatic rings. The average molecular weight is 396 g/mol. The van der Waals surface area contributed by atoms with Crippen LogP contribution >= 0.6 is 0 Å². The van der Waals surface area contributed by atoms with Crippen molar-refractivity contribution in [1.82, 2.24) is 9.62 Å². The van der Waals surface area contributed by atoms with Gasteiger partial charge in [-0.25, -0.2) is 8.42 Å². The number of benzene rings is 1. The number of carbonyl (C=O) groups excluding carboxylic acids is 1. The van der Waals surface area contributed by atoms with Crippen molar-refractivity contribution >= 4 is 21.9 Å². The quantitative estimate of drug-likeness (QED) is 0.753. The van der Waals surface area contributed by atoms with Crippen LogP contribution in [0.3, 0.4) is 0 Å². The first-order chi connectivity index (χ1) is 12.8. The SMILES string of the molecule is COc1ccc(C(=O)N[C@@H]2CCC[C@@H]2C(=O)O)cc1S(=O)(=O)N1CCCC1. The van der Waals surface area contributed by atoms with Crippen molar-refractivity contribution in [2.45, 2.75) is 43.0 Å². The molecule has 0 unspecified atom stereocenters. The summed E-state index contributed by atoms with van der Waals surface area (Å²) in [5, 5.41) is 12.0. The summed E-state index contributed by atoms with van der Waals surface area (Å²) in [4.78, 5) is 23.9. The summed E-state index contributed by atoms with van der Waals surface area (Å²) in [5.74, 6) is -1.83. The number of sulfonamides is 1. The van der Waals surface area contributed by atoms with Crippen molar-refractivity contribution in [2.24, 2.45) is 5.92 Å². The van der Waals surface area contributed by atoms with Crippen LogP contribution in [0.5, 0.6) is 5.75 Å². The van der Waals surface area contributed by atoms with Gasteiger partial charge in [0.25, 0.3) is 5.91 Å². The number of carboxylic acids is 1. The van der Waals surface area contributed by atoms with Crippen molar-refractivity contribution in [2.75, 3.05) is 20.2 Å². The molecule has 148 valence electrons. The molecule has 2 N–H and O–H groups in total. The first-order valence-electron chi connectivity index (χ1n) is 9.06. The Morgan fingerprint density at radius 1 is 1.19 bits per heavy atom. The van der Waals surface area contributed by atoms with Gasteiger partial charge in [-0.1, -0.05) is 6.42 Å².